The predicted molar refractivity (Wildman–Crippen MR) is 156 cm³/mol. The quantitative estimate of drug-likeness (QED) is 0.162. The van der Waals surface area contributed by atoms with Crippen LogP contribution in [0.1, 0.15) is 11.1 Å². The summed E-state index contributed by atoms with van der Waals surface area (Å²) in [6.45, 7) is 2.54. The van der Waals surface area contributed by atoms with Gasteiger partial charge >= 0.3 is 0 Å². The molecule has 1 aliphatic rings. The Labute approximate surface area is 245 Å². The van der Waals surface area contributed by atoms with Gasteiger partial charge in [0.15, 0.2) is 0 Å². The maximum Gasteiger partial charge on any atom is 0.269 e. The number of rotatable bonds is 10. The largest absolute Gasteiger partial charge is 0.382 e. The summed E-state index contributed by atoms with van der Waals surface area (Å²) in [5, 5.41) is 29.2. The molecule has 1 fully saturated rings. The van der Waals surface area contributed by atoms with Gasteiger partial charge in [0.2, 0.25) is 5.91 Å². The highest BCUT2D eigenvalue weighted by Crippen LogP contribution is 2.29. The molecule has 1 unspecified atom stereocenters. The lowest BCUT2D eigenvalue weighted by atomic mass is 9.92. The fraction of sp³-hybridized carbons (Fsp3) is 0.233. The minimum absolute atomic E-state index is 0.00736. The van der Waals surface area contributed by atoms with Gasteiger partial charge in [-0.15, -0.1) is 0 Å². The van der Waals surface area contributed by atoms with E-state index in [1.54, 1.807) is 30.3 Å². The molecule has 0 spiro atoms. The molecule has 43 heavy (non-hydrogen) atoms. The standard InChI is InChI=1S/C30H29F2N7O4/c31-23-4-11-27(28(32)17-23)30(41,19-38-21-33-20-34-38)18-36-13-15-37(16-14-36)25-9-5-24(6-10-25)35-29(40)12-3-22-1-7-26(8-2-22)39(42)43/h1-12,17,20-21,41H,13-16,18-19H2,(H,35,40)/b12-3+. The van der Waals surface area contributed by atoms with Crippen LogP contribution in [0.4, 0.5) is 25.8 Å². The second-order valence-electron chi connectivity index (χ2n) is 10.2. The fourth-order valence-electron chi connectivity index (χ4n) is 5.02. The normalized spacial score (nSPS) is 15.4. The SMILES string of the molecule is O=C(/C=C/c1ccc([N+](=O)[O-])cc1)Nc1ccc(N2CCN(CC(O)(Cn3cncn3)c3ccc(F)cc3F)CC2)cc1. The zero-order chi connectivity index (χ0) is 30.4. The van der Waals surface area contributed by atoms with Gasteiger partial charge < -0.3 is 15.3 Å². The van der Waals surface area contributed by atoms with E-state index in [0.717, 1.165) is 17.8 Å². The lowest BCUT2D eigenvalue weighted by molar-refractivity contribution is -0.384. The zero-order valence-corrected chi connectivity index (χ0v) is 23.0. The molecule has 11 nitrogen and oxygen atoms in total. The number of hydrogen-bond acceptors (Lipinski definition) is 8. The van der Waals surface area contributed by atoms with Crippen molar-refractivity contribution < 1.29 is 23.6 Å². The van der Waals surface area contributed by atoms with Crippen LogP contribution < -0.4 is 10.2 Å². The van der Waals surface area contributed by atoms with E-state index in [2.05, 4.69) is 20.3 Å². The van der Waals surface area contributed by atoms with Crippen LogP contribution >= 0.6 is 0 Å². The van der Waals surface area contributed by atoms with E-state index in [4.69, 9.17) is 0 Å². The number of nitrogens with one attached hydrogen (secondary N) is 1. The number of anilines is 2. The molecular formula is C30H29F2N7O4. The summed E-state index contributed by atoms with van der Waals surface area (Å²) in [5.74, 6) is -1.88. The van der Waals surface area contributed by atoms with Gasteiger partial charge in [0, 0.05) is 73.9 Å². The highest BCUT2D eigenvalue weighted by Gasteiger charge is 2.36. The van der Waals surface area contributed by atoms with Crippen LogP contribution in [-0.4, -0.2) is 68.3 Å². The maximum absolute atomic E-state index is 14.8. The first-order chi connectivity index (χ1) is 20.7. The van der Waals surface area contributed by atoms with Gasteiger partial charge in [0.25, 0.3) is 5.69 Å². The summed E-state index contributed by atoms with van der Waals surface area (Å²) in [4.78, 5) is 30.7. The monoisotopic (exact) mass is 589 g/mol. The molecule has 0 radical (unpaired) electrons. The summed E-state index contributed by atoms with van der Waals surface area (Å²) in [6.07, 6.45) is 5.70. The van der Waals surface area contributed by atoms with Gasteiger partial charge in [0.1, 0.15) is 29.9 Å². The van der Waals surface area contributed by atoms with Crippen molar-refractivity contribution in [3.8, 4) is 0 Å². The third kappa shape index (κ3) is 7.45. The third-order valence-corrected chi connectivity index (χ3v) is 7.21. The molecule has 5 rings (SSSR count). The average molecular weight is 590 g/mol. The Morgan fingerprint density at radius 2 is 1.74 bits per heavy atom. The number of carbonyl (C=O) groups excluding carboxylic acids is 1. The number of hydrogen-bond donors (Lipinski definition) is 2. The molecule has 1 aromatic heterocycles. The van der Waals surface area contributed by atoms with E-state index in [1.165, 1.54) is 41.6 Å². The Balaban J connectivity index is 1.16. The van der Waals surface area contributed by atoms with Gasteiger partial charge in [0.05, 0.1) is 11.5 Å². The molecule has 1 amide bonds. The highest BCUT2D eigenvalue weighted by atomic mass is 19.1. The van der Waals surface area contributed by atoms with Crippen LogP contribution in [-0.2, 0) is 16.9 Å². The molecule has 0 aliphatic carbocycles. The number of amides is 1. The van der Waals surface area contributed by atoms with Gasteiger partial charge in [-0.1, -0.05) is 6.07 Å². The second kappa shape index (κ2) is 12.9. The number of benzene rings is 3. The summed E-state index contributed by atoms with van der Waals surface area (Å²) in [6, 6.07) is 16.4. The molecule has 0 bridgehead atoms. The third-order valence-electron chi connectivity index (χ3n) is 7.21. The van der Waals surface area contributed by atoms with Crippen molar-refractivity contribution in [2.75, 3.05) is 42.9 Å². The van der Waals surface area contributed by atoms with Crippen molar-refractivity contribution in [1.82, 2.24) is 19.7 Å². The first-order valence-corrected chi connectivity index (χ1v) is 13.5. The topological polar surface area (TPSA) is 130 Å². The molecule has 1 saturated heterocycles. The van der Waals surface area contributed by atoms with Gasteiger partial charge in [-0.05, 0) is 54.1 Å². The van der Waals surface area contributed by atoms with E-state index in [1.807, 2.05) is 17.0 Å². The molecule has 4 aromatic rings. The van der Waals surface area contributed by atoms with E-state index >= 15 is 0 Å². The minimum atomic E-state index is -1.67. The highest BCUT2D eigenvalue weighted by molar-refractivity contribution is 6.02. The van der Waals surface area contributed by atoms with Crippen molar-refractivity contribution >= 4 is 29.0 Å². The molecule has 1 aliphatic heterocycles. The van der Waals surface area contributed by atoms with Crippen LogP contribution in [0.25, 0.3) is 6.08 Å². The molecule has 222 valence electrons. The zero-order valence-electron chi connectivity index (χ0n) is 23.0. The number of halogens is 2. The number of aromatic nitrogens is 3. The Morgan fingerprint density at radius 3 is 2.37 bits per heavy atom. The average Bonchev–Trinajstić information content (AvgIpc) is 3.49. The van der Waals surface area contributed by atoms with Gasteiger partial charge in [-0.3, -0.25) is 19.8 Å². The Bertz CT molecular complexity index is 1590. The minimum Gasteiger partial charge on any atom is -0.382 e. The Kier molecular flexibility index (Phi) is 8.83. The molecular weight excluding hydrogens is 560 g/mol. The number of nitrogens with zero attached hydrogens (tertiary/aromatic N) is 6. The summed E-state index contributed by atoms with van der Waals surface area (Å²) >= 11 is 0. The first-order valence-electron chi connectivity index (χ1n) is 13.5. The van der Waals surface area contributed by atoms with Crippen molar-refractivity contribution in [3.63, 3.8) is 0 Å². The van der Waals surface area contributed by atoms with Crippen molar-refractivity contribution in [2.45, 2.75) is 12.1 Å². The van der Waals surface area contributed by atoms with Crippen LogP contribution in [0.2, 0.25) is 0 Å². The van der Waals surface area contributed by atoms with E-state index in [9.17, 15) is 28.8 Å². The van der Waals surface area contributed by atoms with Crippen molar-refractivity contribution in [2.24, 2.45) is 0 Å². The van der Waals surface area contributed by atoms with E-state index in [0.29, 0.717) is 37.4 Å². The molecule has 3 aromatic carbocycles. The number of non-ortho nitro benzene ring substituents is 1. The van der Waals surface area contributed by atoms with Crippen LogP contribution in [0.5, 0.6) is 0 Å². The Hall–Kier alpha value is -5.01. The number of nitro benzene ring substituents is 1. The molecule has 2 N–H and O–H groups in total. The number of β-amino-alcohol motifs (C(OH)–C–C–N with tert-alkyl or cyclic N) is 1. The van der Waals surface area contributed by atoms with Crippen molar-refractivity contribution in [3.05, 3.63) is 118 Å². The van der Waals surface area contributed by atoms with Crippen LogP contribution in [0.15, 0.2) is 85.5 Å². The van der Waals surface area contributed by atoms with Crippen LogP contribution in [0, 0.1) is 21.7 Å². The lowest BCUT2D eigenvalue weighted by Crippen LogP contribution is -2.52. The van der Waals surface area contributed by atoms with Gasteiger partial charge in [-0.2, -0.15) is 5.10 Å². The fourth-order valence-corrected chi connectivity index (χ4v) is 5.02. The smallest absolute Gasteiger partial charge is 0.269 e. The second-order valence-corrected chi connectivity index (χ2v) is 10.2. The van der Waals surface area contributed by atoms with E-state index in [-0.39, 0.29) is 30.2 Å². The summed E-state index contributed by atoms with van der Waals surface area (Å²) in [5.41, 5.74) is 0.539. The van der Waals surface area contributed by atoms with Gasteiger partial charge in [-0.25, -0.2) is 18.4 Å². The molecule has 1 atom stereocenters. The van der Waals surface area contributed by atoms with E-state index < -0.39 is 22.2 Å². The molecule has 0 saturated carbocycles. The number of carbonyl (C=O) groups is 1. The van der Waals surface area contributed by atoms with Crippen LogP contribution in [0.3, 0.4) is 0 Å². The summed E-state index contributed by atoms with van der Waals surface area (Å²) < 4.78 is 29.8. The molecule has 2 heterocycles. The lowest BCUT2D eigenvalue weighted by Gasteiger charge is -2.40. The summed E-state index contributed by atoms with van der Waals surface area (Å²) in [7, 11) is 0. The maximum atomic E-state index is 14.8. The predicted octanol–water partition coefficient (Wildman–Crippen LogP) is 3.83. The molecule has 13 heteroatoms. The first kappa shape index (κ1) is 29.5. The number of piperazine rings is 1. The van der Waals surface area contributed by atoms with Crippen molar-refractivity contribution in [1.29, 1.82) is 0 Å². The Morgan fingerprint density at radius 1 is 1.02 bits per heavy atom. The number of nitro groups is 1. The number of aliphatic hydroxyl groups is 1.